The molecule has 0 aromatic rings. The normalized spacial score (nSPS) is 16.1. The number of carbonyl (C=O) groups excluding carboxylic acids is 2. The first-order valence-electron chi connectivity index (χ1n) is 8.65. The van der Waals surface area contributed by atoms with Gasteiger partial charge in [0, 0.05) is 24.4 Å². The number of rotatable bonds is 10. The van der Waals surface area contributed by atoms with E-state index >= 15 is 0 Å². The maximum Gasteiger partial charge on any atom is 0.223 e. The van der Waals surface area contributed by atoms with Gasteiger partial charge in [0.25, 0.3) is 0 Å². The molecule has 2 N–H and O–H groups in total. The van der Waals surface area contributed by atoms with Gasteiger partial charge in [-0.1, -0.05) is 27.7 Å². The summed E-state index contributed by atoms with van der Waals surface area (Å²) >= 11 is 0. The molecule has 0 aromatic carbocycles. The smallest absolute Gasteiger partial charge is 0.223 e. The largest absolute Gasteiger partial charge is 0.354 e. The van der Waals surface area contributed by atoms with Crippen molar-refractivity contribution in [3.63, 3.8) is 0 Å². The molecule has 1 aliphatic rings. The number of carbonyl (C=O) groups is 2. The highest BCUT2D eigenvalue weighted by molar-refractivity contribution is 5.80. The van der Waals surface area contributed by atoms with E-state index in [9.17, 15) is 9.59 Å². The van der Waals surface area contributed by atoms with Crippen molar-refractivity contribution in [2.45, 2.75) is 72.3 Å². The zero-order valence-electron chi connectivity index (χ0n) is 14.1. The van der Waals surface area contributed by atoms with Crippen molar-refractivity contribution in [1.29, 1.82) is 0 Å². The Morgan fingerprint density at radius 3 is 1.81 bits per heavy atom. The highest BCUT2D eigenvalue weighted by Gasteiger charge is 2.33. The summed E-state index contributed by atoms with van der Waals surface area (Å²) in [5.74, 6) is 1.02. The predicted octanol–water partition coefficient (Wildman–Crippen LogP) is 2.87. The van der Waals surface area contributed by atoms with Gasteiger partial charge in [-0.3, -0.25) is 9.59 Å². The minimum Gasteiger partial charge on any atom is -0.354 e. The van der Waals surface area contributed by atoms with Gasteiger partial charge in [-0.15, -0.1) is 0 Å². The van der Waals surface area contributed by atoms with Gasteiger partial charge in [-0.25, -0.2) is 0 Å². The summed E-state index contributed by atoms with van der Waals surface area (Å²) in [6.45, 7) is 8.76. The Balaban J connectivity index is 2.47. The van der Waals surface area contributed by atoms with Crippen molar-refractivity contribution < 1.29 is 9.59 Å². The van der Waals surface area contributed by atoms with Crippen LogP contribution in [0, 0.1) is 17.8 Å². The van der Waals surface area contributed by atoms with E-state index in [1.54, 1.807) is 0 Å². The fourth-order valence-corrected chi connectivity index (χ4v) is 2.81. The second-order valence-corrected chi connectivity index (χ2v) is 6.22. The Hall–Kier alpha value is -1.06. The van der Waals surface area contributed by atoms with Gasteiger partial charge in [0.2, 0.25) is 11.8 Å². The standard InChI is InChI=1S/C17H32N2O2/c1-5-12(6-2)16(20)18-11-15(14-9-10-14)19-17(21)13(7-3)8-4/h12-15H,5-11H2,1-4H3,(H,18,20)(H,19,21). The number of amides is 2. The molecule has 0 radical (unpaired) electrons. The maximum atomic E-state index is 12.2. The van der Waals surface area contributed by atoms with Gasteiger partial charge in [0.1, 0.15) is 0 Å². The fraction of sp³-hybridized carbons (Fsp3) is 0.882. The Bertz CT molecular complexity index is 332. The molecule has 21 heavy (non-hydrogen) atoms. The molecule has 0 aliphatic heterocycles. The molecule has 0 aromatic heterocycles. The molecule has 0 heterocycles. The highest BCUT2D eigenvalue weighted by Crippen LogP contribution is 2.32. The lowest BCUT2D eigenvalue weighted by molar-refractivity contribution is -0.128. The topological polar surface area (TPSA) is 58.2 Å². The van der Waals surface area contributed by atoms with Crippen molar-refractivity contribution in [1.82, 2.24) is 10.6 Å². The molecule has 4 heteroatoms. The van der Waals surface area contributed by atoms with Gasteiger partial charge in [0.05, 0.1) is 0 Å². The first-order valence-corrected chi connectivity index (χ1v) is 8.65. The molecular weight excluding hydrogens is 264 g/mol. The lowest BCUT2D eigenvalue weighted by Gasteiger charge is -2.23. The van der Waals surface area contributed by atoms with Crippen molar-refractivity contribution in [3.8, 4) is 0 Å². The molecule has 0 saturated heterocycles. The Kier molecular flexibility index (Phi) is 7.76. The van der Waals surface area contributed by atoms with E-state index in [1.807, 2.05) is 13.8 Å². The van der Waals surface area contributed by atoms with Gasteiger partial charge < -0.3 is 10.6 Å². The van der Waals surface area contributed by atoms with Crippen LogP contribution in [0.3, 0.4) is 0 Å². The summed E-state index contributed by atoms with van der Waals surface area (Å²) in [5, 5.41) is 6.19. The van der Waals surface area contributed by atoms with Crippen LogP contribution in [0.2, 0.25) is 0 Å². The number of nitrogens with one attached hydrogen (secondary N) is 2. The monoisotopic (exact) mass is 296 g/mol. The molecule has 1 aliphatic carbocycles. The zero-order valence-corrected chi connectivity index (χ0v) is 14.1. The fourth-order valence-electron chi connectivity index (χ4n) is 2.81. The van der Waals surface area contributed by atoms with Crippen molar-refractivity contribution >= 4 is 11.8 Å². The third kappa shape index (κ3) is 5.68. The minimum atomic E-state index is 0.0968. The molecule has 0 spiro atoms. The van der Waals surface area contributed by atoms with E-state index < -0.39 is 0 Å². The molecular formula is C17H32N2O2. The summed E-state index contributed by atoms with van der Waals surface area (Å²) in [6.07, 6.45) is 5.82. The molecule has 4 nitrogen and oxygen atoms in total. The van der Waals surface area contributed by atoms with Crippen LogP contribution in [0.4, 0.5) is 0 Å². The summed E-state index contributed by atoms with van der Waals surface area (Å²) in [5.41, 5.74) is 0. The van der Waals surface area contributed by atoms with Crippen LogP contribution in [-0.4, -0.2) is 24.4 Å². The second kappa shape index (κ2) is 9.06. The van der Waals surface area contributed by atoms with E-state index in [0.29, 0.717) is 12.5 Å². The molecule has 1 fully saturated rings. The predicted molar refractivity (Wildman–Crippen MR) is 85.8 cm³/mol. The van der Waals surface area contributed by atoms with Gasteiger partial charge in [0.15, 0.2) is 0 Å². The lowest BCUT2D eigenvalue weighted by atomic mass is 10.0. The first-order chi connectivity index (χ1) is 10.1. The van der Waals surface area contributed by atoms with E-state index in [0.717, 1.165) is 38.5 Å². The van der Waals surface area contributed by atoms with Crippen LogP contribution >= 0.6 is 0 Å². The first kappa shape index (κ1) is 18.0. The summed E-state index contributed by atoms with van der Waals surface area (Å²) < 4.78 is 0. The quantitative estimate of drug-likeness (QED) is 0.651. The lowest BCUT2D eigenvalue weighted by Crippen LogP contribution is -2.47. The third-order valence-corrected chi connectivity index (χ3v) is 4.73. The van der Waals surface area contributed by atoms with Crippen molar-refractivity contribution in [2.75, 3.05) is 6.54 Å². The van der Waals surface area contributed by atoms with Crippen LogP contribution in [0.5, 0.6) is 0 Å². The molecule has 1 saturated carbocycles. The Labute approximate surface area is 129 Å². The van der Waals surface area contributed by atoms with Crippen LogP contribution < -0.4 is 10.6 Å². The van der Waals surface area contributed by atoms with Crippen LogP contribution in [0.25, 0.3) is 0 Å². The van der Waals surface area contributed by atoms with Gasteiger partial charge in [-0.2, -0.15) is 0 Å². The minimum absolute atomic E-state index is 0.0968. The van der Waals surface area contributed by atoms with E-state index in [2.05, 4.69) is 24.5 Å². The van der Waals surface area contributed by atoms with Crippen LogP contribution in [0.15, 0.2) is 0 Å². The third-order valence-electron chi connectivity index (χ3n) is 4.73. The summed E-state index contributed by atoms with van der Waals surface area (Å²) in [6, 6.07) is 0.108. The highest BCUT2D eigenvalue weighted by atomic mass is 16.2. The molecule has 1 unspecified atom stereocenters. The summed E-state index contributed by atoms with van der Waals surface area (Å²) in [4.78, 5) is 24.3. The average Bonchev–Trinajstić information content (AvgIpc) is 3.30. The Morgan fingerprint density at radius 2 is 1.38 bits per heavy atom. The van der Waals surface area contributed by atoms with Crippen molar-refractivity contribution in [2.24, 2.45) is 17.8 Å². The maximum absolute atomic E-state index is 12.2. The summed E-state index contributed by atoms with van der Waals surface area (Å²) in [7, 11) is 0. The molecule has 1 atom stereocenters. The van der Waals surface area contributed by atoms with Crippen LogP contribution in [0.1, 0.15) is 66.2 Å². The van der Waals surface area contributed by atoms with E-state index in [4.69, 9.17) is 0 Å². The van der Waals surface area contributed by atoms with Gasteiger partial charge >= 0.3 is 0 Å². The Morgan fingerprint density at radius 1 is 0.905 bits per heavy atom. The zero-order chi connectivity index (χ0) is 15.8. The van der Waals surface area contributed by atoms with Crippen LogP contribution in [-0.2, 0) is 9.59 Å². The molecule has 122 valence electrons. The molecule has 2 amide bonds. The van der Waals surface area contributed by atoms with Gasteiger partial charge in [-0.05, 0) is 44.4 Å². The SMILES string of the molecule is CCC(CC)C(=O)NCC(NC(=O)C(CC)CC)C1CC1. The number of hydrogen-bond acceptors (Lipinski definition) is 2. The van der Waals surface area contributed by atoms with E-state index in [1.165, 1.54) is 0 Å². The van der Waals surface area contributed by atoms with E-state index in [-0.39, 0.29) is 29.7 Å². The van der Waals surface area contributed by atoms with Crippen molar-refractivity contribution in [3.05, 3.63) is 0 Å². The average molecular weight is 296 g/mol. The molecule has 0 bridgehead atoms. The number of hydrogen-bond donors (Lipinski definition) is 2. The molecule has 1 rings (SSSR count). The second-order valence-electron chi connectivity index (χ2n) is 6.22.